The number of halogens is 1. The lowest BCUT2D eigenvalue weighted by Gasteiger charge is -2.14. The number of amides is 1. The van der Waals surface area contributed by atoms with Gasteiger partial charge in [0.25, 0.3) is 5.56 Å². The van der Waals surface area contributed by atoms with Gasteiger partial charge in [-0.05, 0) is 50.2 Å². The molecule has 0 atom stereocenters. The van der Waals surface area contributed by atoms with Gasteiger partial charge in [0.15, 0.2) is 0 Å². The quantitative estimate of drug-likeness (QED) is 0.488. The average Bonchev–Trinajstić information content (AvgIpc) is 3.07. The summed E-state index contributed by atoms with van der Waals surface area (Å²) in [5.41, 5.74) is 2.40. The van der Waals surface area contributed by atoms with Crippen molar-refractivity contribution in [3.63, 3.8) is 0 Å². The number of aromatic nitrogens is 3. The normalized spacial score (nSPS) is 11.1. The van der Waals surface area contributed by atoms with Crippen molar-refractivity contribution in [3.05, 3.63) is 85.6 Å². The predicted octanol–water partition coefficient (Wildman–Crippen LogP) is 3.41. The molecule has 0 saturated carbocycles. The molecule has 4 aromatic rings. The van der Waals surface area contributed by atoms with Crippen LogP contribution in [-0.2, 0) is 18.4 Å². The van der Waals surface area contributed by atoms with Gasteiger partial charge in [0, 0.05) is 18.4 Å². The van der Waals surface area contributed by atoms with E-state index in [1.54, 1.807) is 48.0 Å². The van der Waals surface area contributed by atoms with E-state index in [0.717, 1.165) is 15.8 Å². The van der Waals surface area contributed by atoms with Crippen LogP contribution in [0.25, 0.3) is 16.7 Å². The molecule has 0 spiro atoms. The van der Waals surface area contributed by atoms with Gasteiger partial charge in [0.05, 0.1) is 23.3 Å². The third kappa shape index (κ3) is 4.05. The maximum Gasteiger partial charge on any atom is 0.336 e. The van der Waals surface area contributed by atoms with Crippen LogP contribution in [0.15, 0.2) is 58.1 Å². The van der Waals surface area contributed by atoms with Gasteiger partial charge in [-0.2, -0.15) is 0 Å². The van der Waals surface area contributed by atoms with Crippen LogP contribution in [0.5, 0.6) is 5.75 Å². The van der Waals surface area contributed by atoms with E-state index < -0.39 is 17.2 Å². The first-order chi connectivity index (χ1) is 15.7. The Hall–Kier alpha value is -3.78. The molecule has 2 aromatic carbocycles. The van der Waals surface area contributed by atoms with E-state index in [1.807, 2.05) is 26.0 Å². The summed E-state index contributed by atoms with van der Waals surface area (Å²) in [6, 6.07) is 13.7. The maximum absolute atomic E-state index is 13.4. The molecular weight excluding hydrogens is 444 g/mol. The molecular formula is C24H23ClN4O4. The molecule has 8 nitrogen and oxygen atoms in total. The number of carbonyl (C=O) groups excluding carboxylic acids is 1. The topological polar surface area (TPSA) is 87.3 Å². The molecule has 4 rings (SSSR count). The average molecular weight is 467 g/mol. The van der Waals surface area contributed by atoms with Gasteiger partial charge >= 0.3 is 5.69 Å². The lowest BCUT2D eigenvalue weighted by Crippen LogP contribution is -2.41. The standard InChI is InChI=1S/C24H23ClN4O4/c1-14-5-8-17(9-6-14)29-23(31)22-19(11-15(2)27(22)3)28(24(29)32)13-21(30)26-16-7-10-20(33-4)18(25)12-16/h5-12H,13H2,1-4H3,(H,26,30). The molecule has 1 N–H and O–H groups in total. The second-order valence-electron chi connectivity index (χ2n) is 7.82. The van der Waals surface area contributed by atoms with E-state index >= 15 is 0 Å². The molecule has 0 fully saturated rings. The van der Waals surface area contributed by atoms with E-state index in [9.17, 15) is 14.4 Å². The van der Waals surface area contributed by atoms with E-state index in [1.165, 1.54) is 11.7 Å². The Labute approximate surface area is 194 Å². The molecule has 1 amide bonds. The minimum absolute atomic E-state index is 0.283. The summed E-state index contributed by atoms with van der Waals surface area (Å²) < 4.78 is 9.25. The van der Waals surface area contributed by atoms with E-state index in [-0.39, 0.29) is 6.54 Å². The van der Waals surface area contributed by atoms with E-state index in [2.05, 4.69) is 5.32 Å². The van der Waals surface area contributed by atoms with Crippen molar-refractivity contribution in [1.82, 2.24) is 13.7 Å². The fraction of sp³-hybridized carbons (Fsp3) is 0.208. The molecule has 0 aliphatic carbocycles. The van der Waals surface area contributed by atoms with Crippen molar-refractivity contribution < 1.29 is 9.53 Å². The Balaban J connectivity index is 1.81. The molecule has 0 bridgehead atoms. The molecule has 0 aliphatic heterocycles. The largest absolute Gasteiger partial charge is 0.495 e. The minimum Gasteiger partial charge on any atom is -0.495 e. The highest BCUT2D eigenvalue weighted by Gasteiger charge is 2.20. The Kier molecular flexibility index (Phi) is 5.86. The number of aryl methyl sites for hydroxylation is 3. The molecule has 0 aliphatic rings. The summed E-state index contributed by atoms with van der Waals surface area (Å²) in [6.45, 7) is 3.48. The van der Waals surface area contributed by atoms with Crippen LogP contribution in [-0.4, -0.2) is 26.7 Å². The fourth-order valence-corrected chi connectivity index (χ4v) is 4.01. The Morgan fingerprint density at radius 1 is 1.06 bits per heavy atom. The number of methoxy groups -OCH3 is 1. The lowest BCUT2D eigenvalue weighted by atomic mass is 10.2. The summed E-state index contributed by atoms with van der Waals surface area (Å²) in [5.74, 6) is 0.0489. The number of nitrogens with one attached hydrogen (secondary N) is 1. The highest BCUT2D eigenvalue weighted by atomic mass is 35.5. The van der Waals surface area contributed by atoms with Gasteiger partial charge in [-0.15, -0.1) is 0 Å². The predicted molar refractivity (Wildman–Crippen MR) is 129 cm³/mol. The number of rotatable bonds is 5. The zero-order valence-electron chi connectivity index (χ0n) is 18.7. The molecule has 33 heavy (non-hydrogen) atoms. The smallest absolute Gasteiger partial charge is 0.336 e. The number of hydrogen-bond donors (Lipinski definition) is 1. The number of anilines is 1. The number of benzene rings is 2. The maximum atomic E-state index is 13.4. The van der Waals surface area contributed by atoms with Crippen LogP contribution >= 0.6 is 11.6 Å². The van der Waals surface area contributed by atoms with Crippen molar-refractivity contribution >= 4 is 34.2 Å². The summed E-state index contributed by atoms with van der Waals surface area (Å²) in [5, 5.41) is 3.09. The van der Waals surface area contributed by atoms with Crippen molar-refractivity contribution in [1.29, 1.82) is 0 Å². The number of carbonyl (C=O) groups is 1. The monoisotopic (exact) mass is 466 g/mol. The van der Waals surface area contributed by atoms with Gasteiger partial charge < -0.3 is 14.6 Å². The summed E-state index contributed by atoms with van der Waals surface area (Å²) in [6.07, 6.45) is 0. The molecule has 0 unspecified atom stereocenters. The first-order valence-electron chi connectivity index (χ1n) is 10.2. The first-order valence-corrected chi connectivity index (χ1v) is 10.6. The van der Waals surface area contributed by atoms with E-state index in [4.69, 9.17) is 16.3 Å². The fourth-order valence-electron chi connectivity index (χ4n) is 3.75. The zero-order chi connectivity index (χ0) is 23.9. The Morgan fingerprint density at radius 2 is 1.76 bits per heavy atom. The molecule has 0 saturated heterocycles. The van der Waals surface area contributed by atoms with Crippen LogP contribution < -0.4 is 21.3 Å². The molecule has 2 aromatic heterocycles. The van der Waals surface area contributed by atoms with Crippen molar-refractivity contribution in [2.45, 2.75) is 20.4 Å². The van der Waals surface area contributed by atoms with Crippen LogP contribution in [0.4, 0.5) is 5.69 Å². The van der Waals surface area contributed by atoms with Crippen LogP contribution in [0.1, 0.15) is 11.3 Å². The third-order valence-electron chi connectivity index (χ3n) is 5.60. The second-order valence-corrected chi connectivity index (χ2v) is 8.23. The van der Waals surface area contributed by atoms with Gasteiger partial charge in [-0.25, -0.2) is 9.36 Å². The SMILES string of the molecule is COc1ccc(NC(=O)Cn2c(=O)n(-c3ccc(C)cc3)c(=O)c3c2cc(C)n3C)cc1Cl. The number of hydrogen-bond acceptors (Lipinski definition) is 4. The van der Waals surface area contributed by atoms with Gasteiger partial charge in [0.1, 0.15) is 17.8 Å². The molecule has 2 heterocycles. The van der Waals surface area contributed by atoms with Crippen molar-refractivity contribution in [3.8, 4) is 11.4 Å². The van der Waals surface area contributed by atoms with Crippen LogP contribution in [0, 0.1) is 13.8 Å². The summed E-state index contributed by atoms with van der Waals surface area (Å²) in [4.78, 5) is 39.6. The number of fused-ring (bicyclic) bond motifs is 1. The molecule has 0 radical (unpaired) electrons. The second kappa shape index (κ2) is 8.63. The lowest BCUT2D eigenvalue weighted by molar-refractivity contribution is -0.116. The highest BCUT2D eigenvalue weighted by Crippen LogP contribution is 2.27. The van der Waals surface area contributed by atoms with E-state index in [0.29, 0.717) is 33.2 Å². The van der Waals surface area contributed by atoms with Crippen molar-refractivity contribution in [2.75, 3.05) is 12.4 Å². The van der Waals surface area contributed by atoms with Crippen LogP contribution in [0.3, 0.4) is 0 Å². The highest BCUT2D eigenvalue weighted by molar-refractivity contribution is 6.32. The Morgan fingerprint density at radius 3 is 2.39 bits per heavy atom. The van der Waals surface area contributed by atoms with Gasteiger partial charge in [-0.3, -0.25) is 14.2 Å². The van der Waals surface area contributed by atoms with Gasteiger partial charge in [-0.1, -0.05) is 29.3 Å². The van der Waals surface area contributed by atoms with Gasteiger partial charge in [0.2, 0.25) is 5.91 Å². The summed E-state index contributed by atoms with van der Waals surface area (Å²) in [7, 11) is 3.26. The van der Waals surface area contributed by atoms with Crippen LogP contribution in [0.2, 0.25) is 5.02 Å². The molecule has 9 heteroatoms. The number of ether oxygens (including phenoxy) is 1. The zero-order valence-corrected chi connectivity index (χ0v) is 19.4. The van der Waals surface area contributed by atoms with Crippen molar-refractivity contribution in [2.24, 2.45) is 7.05 Å². The first kappa shape index (κ1) is 22.4. The number of nitrogens with zero attached hydrogens (tertiary/aromatic N) is 3. The summed E-state index contributed by atoms with van der Waals surface area (Å²) >= 11 is 6.14. The third-order valence-corrected chi connectivity index (χ3v) is 5.90. The minimum atomic E-state index is -0.593. The molecule has 170 valence electrons. The Bertz CT molecular complexity index is 1500.